The predicted molar refractivity (Wildman–Crippen MR) is 38.8 cm³/mol. The van der Waals surface area contributed by atoms with E-state index in [-0.39, 0.29) is 6.61 Å². The van der Waals surface area contributed by atoms with Crippen LogP contribution in [0.5, 0.6) is 0 Å². The molecule has 0 aromatic carbocycles. The highest BCUT2D eigenvalue weighted by atomic mass is 17.1. The summed E-state index contributed by atoms with van der Waals surface area (Å²) in [6.07, 6.45) is 4.14. The maximum absolute atomic E-state index is 8.08. The molecule has 11 heavy (non-hydrogen) atoms. The highest BCUT2D eigenvalue weighted by Gasteiger charge is 1.94. The van der Waals surface area contributed by atoms with Crippen molar-refractivity contribution < 1.29 is 10.1 Å². The molecule has 0 amide bonds. The summed E-state index contributed by atoms with van der Waals surface area (Å²) in [6, 6.07) is 0. The second kappa shape index (κ2) is 4.00. The van der Waals surface area contributed by atoms with E-state index in [4.69, 9.17) is 5.26 Å². The van der Waals surface area contributed by atoms with Gasteiger partial charge in [-0.2, -0.15) is 0 Å². The lowest BCUT2D eigenvalue weighted by molar-refractivity contribution is -0.253. The van der Waals surface area contributed by atoms with Crippen molar-refractivity contribution in [3.05, 3.63) is 23.8 Å². The van der Waals surface area contributed by atoms with Crippen LogP contribution in [-0.4, -0.2) is 15.2 Å². The molecule has 0 fully saturated rings. The van der Waals surface area contributed by atoms with Crippen molar-refractivity contribution in [1.82, 2.24) is 9.97 Å². The van der Waals surface area contributed by atoms with Gasteiger partial charge in [-0.3, -0.25) is 15.2 Å². The standard InChI is InChI=1S/C7H10N2O2/c1-2-6-3-9-7(4-8-6)5-11-10/h3-4,10H,2,5H2,1H3. The Bertz CT molecular complexity index is 210. The van der Waals surface area contributed by atoms with Crippen LogP contribution >= 0.6 is 0 Å². The Balaban J connectivity index is 2.66. The van der Waals surface area contributed by atoms with Crippen molar-refractivity contribution in [3.63, 3.8) is 0 Å². The zero-order valence-corrected chi connectivity index (χ0v) is 6.32. The van der Waals surface area contributed by atoms with E-state index in [9.17, 15) is 0 Å². The summed E-state index contributed by atoms with van der Waals surface area (Å²) in [7, 11) is 0. The van der Waals surface area contributed by atoms with Gasteiger partial charge < -0.3 is 0 Å². The summed E-state index contributed by atoms with van der Waals surface area (Å²) >= 11 is 0. The minimum atomic E-state index is 0.0942. The maximum atomic E-state index is 8.08. The maximum Gasteiger partial charge on any atom is 0.126 e. The number of hydrogen-bond donors (Lipinski definition) is 1. The highest BCUT2D eigenvalue weighted by Crippen LogP contribution is 1.96. The normalized spacial score (nSPS) is 10.0. The van der Waals surface area contributed by atoms with Gasteiger partial charge in [-0.1, -0.05) is 6.92 Å². The smallest absolute Gasteiger partial charge is 0.126 e. The topological polar surface area (TPSA) is 55.2 Å². The summed E-state index contributed by atoms with van der Waals surface area (Å²) in [4.78, 5) is 12.0. The highest BCUT2D eigenvalue weighted by molar-refractivity contribution is 5.00. The summed E-state index contributed by atoms with van der Waals surface area (Å²) in [6.45, 7) is 2.10. The monoisotopic (exact) mass is 154 g/mol. The lowest BCUT2D eigenvalue weighted by Crippen LogP contribution is -1.96. The van der Waals surface area contributed by atoms with Crippen LogP contribution < -0.4 is 0 Å². The Morgan fingerprint density at radius 1 is 1.36 bits per heavy atom. The molecule has 0 saturated heterocycles. The van der Waals surface area contributed by atoms with Gasteiger partial charge in [0, 0.05) is 6.20 Å². The third kappa shape index (κ3) is 2.25. The SMILES string of the molecule is CCc1cnc(COO)cn1. The van der Waals surface area contributed by atoms with Crippen LogP contribution in [0.25, 0.3) is 0 Å². The van der Waals surface area contributed by atoms with E-state index >= 15 is 0 Å². The van der Waals surface area contributed by atoms with Gasteiger partial charge in [0.05, 0.1) is 17.6 Å². The van der Waals surface area contributed by atoms with Crippen LogP contribution in [0.3, 0.4) is 0 Å². The molecule has 1 N–H and O–H groups in total. The number of aromatic nitrogens is 2. The first kappa shape index (κ1) is 8.10. The Hall–Kier alpha value is -1.00. The molecule has 1 aromatic rings. The number of hydrogen-bond acceptors (Lipinski definition) is 4. The van der Waals surface area contributed by atoms with Crippen molar-refractivity contribution in [2.24, 2.45) is 0 Å². The molecule has 0 radical (unpaired) electrons. The third-order valence-corrected chi connectivity index (χ3v) is 1.33. The summed E-state index contributed by atoms with van der Waals surface area (Å²) in [5, 5.41) is 8.08. The minimum absolute atomic E-state index is 0.0942. The molecular weight excluding hydrogens is 144 g/mol. The van der Waals surface area contributed by atoms with Crippen molar-refractivity contribution >= 4 is 0 Å². The molecule has 60 valence electrons. The van der Waals surface area contributed by atoms with Crippen LogP contribution in [-0.2, 0) is 17.9 Å². The van der Waals surface area contributed by atoms with Crippen LogP contribution in [0.1, 0.15) is 18.3 Å². The van der Waals surface area contributed by atoms with Gasteiger partial charge in [0.2, 0.25) is 0 Å². The first-order valence-corrected chi connectivity index (χ1v) is 3.43. The Labute approximate surface area is 64.8 Å². The van der Waals surface area contributed by atoms with E-state index in [2.05, 4.69) is 14.9 Å². The van der Waals surface area contributed by atoms with E-state index in [0.29, 0.717) is 5.69 Å². The quantitative estimate of drug-likeness (QED) is 0.521. The molecule has 4 heteroatoms. The molecule has 0 spiro atoms. The Morgan fingerprint density at radius 3 is 2.45 bits per heavy atom. The fourth-order valence-corrected chi connectivity index (χ4v) is 0.705. The van der Waals surface area contributed by atoms with Gasteiger partial charge in [0.1, 0.15) is 6.61 Å². The zero-order chi connectivity index (χ0) is 8.10. The third-order valence-electron chi connectivity index (χ3n) is 1.33. The number of nitrogens with zero attached hydrogens (tertiary/aromatic N) is 2. The molecule has 1 aromatic heterocycles. The Kier molecular flexibility index (Phi) is 2.95. The van der Waals surface area contributed by atoms with Gasteiger partial charge in [0.15, 0.2) is 0 Å². The van der Waals surface area contributed by atoms with E-state index in [1.54, 1.807) is 12.4 Å². The van der Waals surface area contributed by atoms with Gasteiger partial charge >= 0.3 is 0 Å². The van der Waals surface area contributed by atoms with Crippen molar-refractivity contribution in [1.29, 1.82) is 0 Å². The molecule has 0 aliphatic heterocycles. The molecule has 0 aliphatic carbocycles. The second-order valence-electron chi connectivity index (χ2n) is 2.13. The molecule has 1 rings (SSSR count). The summed E-state index contributed by atoms with van der Waals surface area (Å²) < 4.78 is 0. The first-order chi connectivity index (χ1) is 5.36. The van der Waals surface area contributed by atoms with E-state index < -0.39 is 0 Å². The van der Waals surface area contributed by atoms with Crippen molar-refractivity contribution in [3.8, 4) is 0 Å². The lowest BCUT2D eigenvalue weighted by Gasteiger charge is -1.97. The average Bonchev–Trinajstić information content (AvgIpc) is 2.07. The predicted octanol–water partition coefficient (Wildman–Crippen LogP) is 1.03. The summed E-state index contributed by atoms with van der Waals surface area (Å²) in [5.74, 6) is 0. The van der Waals surface area contributed by atoms with Crippen LogP contribution in [0.2, 0.25) is 0 Å². The molecular formula is C7H10N2O2. The lowest BCUT2D eigenvalue weighted by atomic mass is 10.3. The summed E-state index contributed by atoms with van der Waals surface area (Å²) in [5.41, 5.74) is 1.57. The molecule has 1 heterocycles. The average molecular weight is 154 g/mol. The Morgan fingerprint density at radius 2 is 2.00 bits per heavy atom. The molecule has 0 atom stereocenters. The van der Waals surface area contributed by atoms with Crippen LogP contribution in [0.15, 0.2) is 12.4 Å². The first-order valence-electron chi connectivity index (χ1n) is 3.43. The van der Waals surface area contributed by atoms with Crippen LogP contribution in [0, 0.1) is 0 Å². The van der Waals surface area contributed by atoms with E-state index in [0.717, 1.165) is 12.1 Å². The zero-order valence-electron chi connectivity index (χ0n) is 6.32. The van der Waals surface area contributed by atoms with Crippen molar-refractivity contribution in [2.45, 2.75) is 20.0 Å². The fraction of sp³-hybridized carbons (Fsp3) is 0.429. The second-order valence-corrected chi connectivity index (χ2v) is 2.13. The molecule has 0 bridgehead atoms. The van der Waals surface area contributed by atoms with Crippen LogP contribution in [0.4, 0.5) is 0 Å². The fourth-order valence-electron chi connectivity index (χ4n) is 0.705. The van der Waals surface area contributed by atoms with Gasteiger partial charge in [-0.05, 0) is 6.42 Å². The number of aryl methyl sites for hydroxylation is 1. The molecule has 0 aliphatic rings. The largest absolute Gasteiger partial charge is 0.258 e. The molecule has 0 unspecified atom stereocenters. The van der Waals surface area contributed by atoms with E-state index in [1.807, 2.05) is 6.92 Å². The van der Waals surface area contributed by atoms with Crippen molar-refractivity contribution in [2.75, 3.05) is 0 Å². The van der Waals surface area contributed by atoms with E-state index in [1.165, 1.54) is 0 Å². The number of rotatable bonds is 3. The minimum Gasteiger partial charge on any atom is -0.258 e. The molecule has 0 saturated carbocycles. The van der Waals surface area contributed by atoms with Gasteiger partial charge in [0.25, 0.3) is 0 Å². The van der Waals surface area contributed by atoms with Gasteiger partial charge in [-0.25, -0.2) is 4.89 Å². The van der Waals surface area contributed by atoms with Gasteiger partial charge in [-0.15, -0.1) is 0 Å². The molecule has 4 nitrogen and oxygen atoms in total.